The predicted molar refractivity (Wildman–Crippen MR) is 139 cm³/mol. The summed E-state index contributed by atoms with van der Waals surface area (Å²) in [5.41, 5.74) is 2.04. The summed E-state index contributed by atoms with van der Waals surface area (Å²) in [6.07, 6.45) is -4.78. The summed E-state index contributed by atoms with van der Waals surface area (Å²) in [5, 5.41) is 7.47. The van der Waals surface area contributed by atoms with Gasteiger partial charge in [0.05, 0.1) is 16.6 Å². The van der Waals surface area contributed by atoms with Gasteiger partial charge in [-0.25, -0.2) is 0 Å². The van der Waals surface area contributed by atoms with Crippen LogP contribution in [0.5, 0.6) is 0 Å². The van der Waals surface area contributed by atoms with Crippen molar-refractivity contribution < 1.29 is 32.0 Å². The molecular formula is C28H22F3N3O5. The lowest BCUT2D eigenvalue weighted by Crippen LogP contribution is -2.37. The largest absolute Gasteiger partial charge is 0.471 e. The van der Waals surface area contributed by atoms with Crippen LogP contribution in [0.1, 0.15) is 32.0 Å². The number of fused-ring (bicyclic) bond motifs is 1. The highest BCUT2D eigenvalue weighted by Gasteiger charge is 2.38. The molecule has 39 heavy (non-hydrogen) atoms. The van der Waals surface area contributed by atoms with Crippen LogP contribution in [0.2, 0.25) is 0 Å². The van der Waals surface area contributed by atoms with Gasteiger partial charge in [0.15, 0.2) is 11.2 Å². The number of nitrogens with one attached hydrogen (secondary N) is 3. The lowest BCUT2D eigenvalue weighted by atomic mass is 10.1. The number of para-hydroxylation sites is 1. The number of benzene rings is 3. The molecule has 200 valence electrons. The van der Waals surface area contributed by atoms with Crippen molar-refractivity contribution in [3.63, 3.8) is 0 Å². The Hall–Kier alpha value is -4.93. The minimum absolute atomic E-state index is 0.149. The van der Waals surface area contributed by atoms with E-state index in [1.807, 2.05) is 0 Å². The van der Waals surface area contributed by atoms with Crippen molar-refractivity contribution in [2.24, 2.45) is 0 Å². The standard InChI is InChI=1S/C28H22F3N3O5/c1-16-6-11-19(21(14-16)34-26(37)24-15-22(35)20-4-2-3-5-23(20)39-24)25(36)33-18-9-7-17(8-10-18)12-13-32-27(38)28(29,30)31/h2-11,14-15H,12-13H2,1H3,(H,32,38)(H,33,36)(H,34,37). The van der Waals surface area contributed by atoms with Crippen LogP contribution in [0.25, 0.3) is 11.0 Å². The maximum Gasteiger partial charge on any atom is 0.471 e. The van der Waals surface area contributed by atoms with Gasteiger partial charge in [0.2, 0.25) is 0 Å². The van der Waals surface area contributed by atoms with Gasteiger partial charge in [-0.15, -0.1) is 0 Å². The van der Waals surface area contributed by atoms with E-state index in [9.17, 15) is 32.3 Å². The molecular weight excluding hydrogens is 515 g/mol. The number of halogens is 3. The van der Waals surface area contributed by atoms with E-state index < -0.39 is 23.9 Å². The maximum absolute atomic E-state index is 13.0. The number of carbonyl (C=O) groups is 3. The molecule has 4 rings (SSSR count). The highest BCUT2D eigenvalue weighted by molar-refractivity contribution is 6.12. The fourth-order valence-corrected chi connectivity index (χ4v) is 3.73. The second-order valence-corrected chi connectivity index (χ2v) is 8.63. The van der Waals surface area contributed by atoms with Crippen LogP contribution in [-0.2, 0) is 11.2 Å². The van der Waals surface area contributed by atoms with Crippen LogP contribution in [0, 0.1) is 6.92 Å². The SMILES string of the molecule is Cc1ccc(C(=O)Nc2ccc(CCNC(=O)C(F)(F)F)cc2)c(NC(=O)c2cc(=O)c3ccccc3o2)c1. The van der Waals surface area contributed by atoms with E-state index in [2.05, 4.69) is 10.6 Å². The molecule has 0 spiro atoms. The molecule has 3 amide bonds. The lowest BCUT2D eigenvalue weighted by Gasteiger charge is -2.13. The van der Waals surface area contributed by atoms with Gasteiger partial charge in [0, 0.05) is 18.3 Å². The number of carbonyl (C=O) groups excluding carboxylic acids is 3. The topological polar surface area (TPSA) is 118 Å². The van der Waals surface area contributed by atoms with E-state index in [-0.39, 0.29) is 41.0 Å². The zero-order chi connectivity index (χ0) is 28.2. The molecule has 4 aromatic rings. The first-order chi connectivity index (χ1) is 18.5. The monoisotopic (exact) mass is 537 g/mol. The fourth-order valence-electron chi connectivity index (χ4n) is 3.73. The molecule has 3 aromatic carbocycles. The second kappa shape index (κ2) is 11.2. The molecule has 0 aliphatic heterocycles. The normalized spacial score (nSPS) is 11.2. The maximum atomic E-state index is 13.0. The van der Waals surface area contributed by atoms with Gasteiger partial charge in [0.25, 0.3) is 11.8 Å². The smallest absolute Gasteiger partial charge is 0.451 e. The molecule has 0 radical (unpaired) electrons. The summed E-state index contributed by atoms with van der Waals surface area (Å²) in [5.74, 6) is -3.46. The number of hydrogen-bond acceptors (Lipinski definition) is 5. The summed E-state index contributed by atoms with van der Waals surface area (Å²) in [4.78, 5) is 49.2. The van der Waals surface area contributed by atoms with Crippen LogP contribution >= 0.6 is 0 Å². The Kier molecular flexibility index (Phi) is 7.80. The van der Waals surface area contributed by atoms with Gasteiger partial charge < -0.3 is 20.4 Å². The first-order valence-corrected chi connectivity index (χ1v) is 11.7. The van der Waals surface area contributed by atoms with E-state index in [0.29, 0.717) is 16.6 Å². The predicted octanol–water partition coefficient (Wildman–Crippen LogP) is 4.83. The van der Waals surface area contributed by atoms with Crippen molar-refractivity contribution in [3.05, 3.63) is 105 Å². The van der Waals surface area contributed by atoms with Gasteiger partial charge in [-0.1, -0.05) is 30.3 Å². The third kappa shape index (κ3) is 6.69. The molecule has 0 bridgehead atoms. The minimum atomic E-state index is -4.94. The van der Waals surface area contributed by atoms with Gasteiger partial charge in [-0.05, 0) is 60.9 Å². The van der Waals surface area contributed by atoms with Crippen molar-refractivity contribution in [1.82, 2.24) is 5.32 Å². The number of hydrogen-bond donors (Lipinski definition) is 3. The summed E-state index contributed by atoms with van der Waals surface area (Å²) in [6.45, 7) is 1.58. The minimum Gasteiger partial charge on any atom is -0.451 e. The molecule has 0 saturated heterocycles. The summed E-state index contributed by atoms with van der Waals surface area (Å²) in [6, 6.07) is 18.8. The number of amides is 3. The molecule has 8 nitrogen and oxygen atoms in total. The van der Waals surface area contributed by atoms with Gasteiger partial charge in [-0.3, -0.25) is 19.2 Å². The summed E-state index contributed by atoms with van der Waals surface area (Å²) in [7, 11) is 0. The van der Waals surface area contributed by atoms with E-state index in [1.165, 1.54) is 6.07 Å². The Balaban J connectivity index is 1.45. The number of anilines is 2. The number of aryl methyl sites for hydroxylation is 1. The highest BCUT2D eigenvalue weighted by atomic mass is 19.4. The van der Waals surface area contributed by atoms with E-state index in [1.54, 1.807) is 72.9 Å². The molecule has 11 heteroatoms. The Morgan fingerprint density at radius 3 is 2.31 bits per heavy atom. The van der Waals surface area contributed by atoms with Crippen LogP contribution in [0.4, 0.5) is 24.5 Å². The first kappa shape index (κ1) is 27.1. The molecule has 0 unspecified atom stereocenters. The van der Waals surface area contributed by atoms with Crippen molar-refractivity contribution in [2.75, 3.05) is 17.2 Å². The van der Waals surface area contributed by atoms with Gasteiger partial charge in [0.1, 0.15) is 5.58 Å². The molecule has 1 heterocycles. The molecule has 1 aromatic heterocycles. The van der Waals surface area contributed by atoms with E-state index >= 15 is 0 Å². The molecule has 0 saturated carbocycles. The van der Waals surface area contributed by atoms with Crippen LogP contribution < -0.4 is 21.4 Å². The van der Waals surface area contributed by atoms with Crippen LogP contribution in [0.15, 0.2) is 82.0 Å². The zero-order valence-corrected chi connectivity index (χ0v) is 20.5. The Morgan fingerprint density at radius 2 is 1.59 bits per heavy atom. The highest BCUT2D eigenvalue weighted by Crippen LogP contribution is 2.22. The average molecular weight is 537 g/mol. The van der Waals surface area contributed by atoms with E-state index in [0.717, 1.165) is 11.6 Å². The number of rotatable bonds is 7. The fraction of sp³-hybridized carbons (Fsp3) is 0.143. The Bertz CT molecular complexity index is 1610. The summed E-state index contributed by atoms with van der Waals surface area (Å²) >= 11 is 0. The van der Waals surface area contributed by atoms with Crippen molar-refractivity contribution in [2.45, 2.75) is 19.5 Å². The van der Waals surface area contributed by atoms with Gasteiger partial charge in [-0.2, -0.15) is 13.2 Å². The zero-order valence-electron chi connectivity index (χ0n) is 20.5. The van der Waals surface area contributed by atoms with Crippen LogP contribution in [0.3, 0.4) is 0 Å². The molecule has 0 aliphatic carbocycles. The van der Waals surface area contributed by atoms with E-state index in [4.69, 9.17) is 4.42 Å². The molecule has 0 aliphatic rings. The van der Waals surface area contributed by atoms with Crippen molar-refractivity contribution in [3.8, 4) is 0 Å². The molecule has 0 atom stereocenters. The number of alkyl halides is 3. The Morgan fingerprint density at radius 1 is 0.872 bits per heavy atom. The third-order valence-corrected chi connectivity index (χ3v) is 5.69. The molecule has 3 N–H and O–H groups in total. The van der Waals surface area contributed by atoms with Crippen LogP contribution in [-0.4, -0.2) is 30.4 Å². The van der Waals surface area contributed by atoms with Crippen molar-refractivity contribution >= 4 is 40.1 Å². The Labute approximate surface area is 219 Å². The van der Waals surface area contributed by atoms with Crippen molar-refractivity contribution in [1.29, 1.82) is 0 Å². The third-order valence-electron chi connectivity index (χ3n) is 5.69. The first-order valence-electron chi connectivity index (χ1n) is 11.7. The van der Waals surface area contributed by atoms with Gasteiger partial charge >= 0.3 is 12.1 Å². The second-order valence-electron chi connectivity index (χ2n) is 8.63. The average Bonchev–Trinajstić information content (AvgIpc) is 2.89. The lowest BCUT2D eigenvalue weighted by molar-refractivity contribution is -0.173. The quantitative estimate of drug-likeness (QED) is 0.312. The molecule has 0 fully saturated rings. The summed E-state index contributed by atoms with van der Waals surface area (Å²) < 4.78 is 42.4.